The van der Waals surface area contributed by atoms with Crippen LogP contribution in [0, 0.1) is 6.92 Å². The molecule has 0 saturated heterocycles. The van der Waals surface area contributed by atoms with Crippen molar-refractivity contribution >= 4 is 11.8 Å². The molecule has 0 saturated carbocycles. The van der Waals surface area contributed by atoms with Crippen molar-refractivity contribution in [3.63, 3.8) is 0 Å². The van der Waals surface area contributed by atoms with Gasteiger partial charge in [0.25, 0.3) is 0 Å². The highest BCUT2D eigenvalue weighted by Gasteiger charge is 2.12. The van der Waals surface area contributed by atoms with Crippen LogP contribution in [0.15, 0.2) is 42.5 Å². The molecular weight excluding hydrogens is 256 g/mol. The van der Waals surface area contributed by atoms with Gasteiger partial charge >= 0.3 is 5.97 Å². The lowest BCUT2D eigenvalue weighted by Crippen LogP contribution is -2.16. The maximum Gasteiger partial charge on any atom is 0.335 e. The summed E-state index contributed by atoms with van der Waals surface area (Å²) in [6.45, 7) is 1.62. The Morgan fingerprint density at radius 2 is 2.00 bits per heavy atom. The summed E-state index contributed by atoms with van der Waals surface area (Å²) < 4.78 is 0. The number of pyridine rings is 1. The zero-order valence-electron chi connectivity index (χ0n) is 11.1. The number of aryl methyl sites for hydroxylation is 1. The van der Waals surface area contributed by atoms with Gasteiger partial charge in [-0.2, -0.15) is 0 Å². The number of hydrogen-bond donors (Lipinski definition) is 3. The average Bonchev–Trinajstić information content (AvgIpc) is 2.45. The molecule has 0 radical (unpaired) electrons. The molecule has 1 atom stereocenters. The highest BCUT2D eigenvalue weighted by Crippen LogP contribution is 2.19. The quantitative estimate of drug-likeness (QED) is 0.777. The summed E-state index contributed by atoms with van der Waals surface area (Å²) in [6, 6.07) is 12.1. The number of aliphatic hydroxyl groups excluding tert-OH is 1. The van der Waals surface area contributed by atoms with Gasteiger partial charge in [-0.05, 0) is 24.6 Å². The third kappa shape index (κ3) is 3.33. The summed E-state index contributed by atoms with van der Waals surface area (Å²) in [7, 11) is 0. The predicted octanol–water partition coefficient (Wildman–Crippen LogP) is 2.23. The van der Waals surface area contributed by atoms with E-state index in [0.717, 1.165) is 5.56 Å². The number of aromatic nitrogens is 1. The van der Waals surface area contributed by atoms with Gasteiger partial charge in [-0.25, -0.2) is 9.78 Å². The Labute approximate surface area is 116 Å². The normalized spacial score (nSPS) is 11.9. The molecule has 1 unspecified atom stereocenters. The maximum absolute atomic E-state index is 11.0. The smallest absolute Gasteiger partial charge is 0.335 e. The standard InChI is InChI=1S/C15H16N2O3/c1-10-7-12(15(19)20)8-14(16-10)17-13(9-18)11-5-3-2-4-6-11/h2-8,13,18H,9H2,1H3,(H,16,17)(H,19,20). The Kier molecular flexibility index (Phi) is 4.32. The van der Waals surface area contributed by atoms with Crippen LogP contribution in [0.25, 0.3) is 0 Å². The van der Waals surface area contributed by atoms with Gasteiger partial charge in [0.05, 0.1) is 18.2 Å². The van der Waals surface area contributed by atoms with Crippen molar-refractivity contribution in [2.75, 3.05) is 11.9 Å². The van der Waals surface area contributed by atoms with E-state index in [-0.39, 0.29) is 18.2 Å². The third-order valence-corrected chi connectivity index (χ3v) is 2.91. The van der Waals surface area contributed by atoms with Gasteiger partial charge in [-0.15, -0.1) is 0 Å². The van der Waals surface area contributed by atoms with E-state index in [0.29, 0.717) is 11.5 Å². The minimum Gasteiger partial charge on any atom is -0.478 e. The molecule has 20 heavy (non-hydrogen) atoms. The molecule has 1 heterocycles. The number of rotatable bonds is 5. The van der Waals surface area contributed by atoms with E-state index in [1.807, 2.05) is 30.3 Å². The van der Waals surface area contributed by atoms with E-state index >= 15 is 0 Å². The van der Waals surface area contributed by atoms with E-state index < -0.39 is 5.97 Å². The molecule has 1 aromatic heterocycles. The van der Waals surface area contributed by atoms with Gasteiger partial charge in [-0.3, -0.25) is 0 Å². The van der Waals surface area contributed by atoms with E-state index in [1.165, 1.54) is 12.1 Å². The Bertz CT molecular complexity index is 599. The zero-order chi connectivity index (χ0) is 14.5. The molecule has 2 rings (SSSR count). The summed E-state index contributed by atoms with van der Waals surface area (Å²) in [5, 5.41) is 21.6. The molecule has 0 spiro atoms. The fraction of sp³-hybridized carbons (Fsp3) is 0.200. The Balaban J connectivity index is 2.26. The van der Waals surface area contributed by atoms with Crippen LogP contribution in [0.3, 0.4) is 0 Å². The molecule has 104 valence electrons. The van der Waals surface area contributed by atoms with E-state index in [4.69, 9.17) is 5.11 Å². The second-order valence-corrected chi connectivity index (χ2v) is 4.48. The largest absolute Gasteiger partial charge is 0.478 e. The Hall–Kier alpha value is -2.40. The van der Waals surface area contributed by atoms with Crippen LogP contribution in [0.5, 0.6) is 0 Å². The van der Waals surface area contributed by atoms with Crippen molar-refractivity contribution in [3.05, 3.63) is 59.3 Å². The van der Waals surface area contributed by atoms with Gasteiger partial charge in [0.15, 0.2) is 0 Å². The summed E-state index contributed by atoms with van der Waals surface area (Å²) in [6.07, 6.45) is 0. The first-order chi connectivity index (χ1) is 9.60. The highest BCUT2D eigenvalue weighted by molar-refractivity contribution is 5.88. The number of nitrogens with one attached hydrogen (secondary N) is 1. The lowest BCUT2D eigenvalue weighted by molar-refractivity contribution is 0.0696. The average molecular weight is 272 g/mol. The van der Waals surface area contributed by atoms with Gasteiger partial charge in [-0.1, -0.05) is 30.3 Å². The van der Waals surface area contributed by atoms with Gasteiger partial charge < -0.3 is 15.5 Å². The van der Waals surface area contributed by atoms with Crippen LogP contribution in [0.2, 0.25) is 0 Å². The number of hydrogen-bond acceptors (Lipinski definition) is 4. The molecule has 5 heteroatoms. The van der Waals surface area contributed by atoms with E-state index in [9.17, 15) is 9.90 Å². The topological polar surface area (TPSA) is 82.5 Å². The second-order valence-electron chi connectivity index (χ2n) is 4.48. The van der Waals surface area contributed by atoms with Gasteiger partial charge in [0.2, 0.25) is 0 Å². The summed E-state index contributed by atoms with van der Waals surface area (Å²) in [4.78, 5) is 15.3. The zero-order valence-corrected chi connectivity index (χ0v) is 11.1. The van der Waals surface area contributed by atoms with E-state index in [2.05, 4.69) is 10.3 Å². The molecule has 0 amide bonds. The second kappa shape index (κ2) is 6.16. The molecule has 0 bridgehead atoms. The molecule has 0 aliphatic rings. The predicted molar refractivity (Wildman–Crippen MR) is 75.8 cm³/mol. The van der Waals surface area contributed by atoms with Crippen molar-refractivity contribution in [2.45, 2.75) is 13.0 Å². The first-order valence-electron chi connectivity index (χ1n) is 6.24. The number of benzene rings is 1. The van der Waals surface area contributed by atoms with Crippen molar-refractivity contribution in [1.29, 1.82) is 0 Å². The first-order valence-corrected chi connectivity index (χ1v) is 6.24. The van der Waals surface area contributed by atoms with E-state index in [1.54, 1.807) is 6.92 Å². The number of carboxylic acids is 1. The maximum atomic E-state index is 11.0. The number of aliphatic hydroxyl groups is 1. The fourth-order valence-corrected chi connectivity index (χ4v) is 1.96. The summed E-state index contributed by atoms with van der Waals surface area (Å²) >= 11 is 0. The minimum absolute atomic E-state index is 0.109. The fourth-order valence-electron chi connectivity index (χ4n) is 1.96. The van der Waals surface area contributed by atoms with Crippen LogP contribution in [0.4, 0.5) is 5.82 Å². The molecule has 2 aromatic rings. The van der Waals surface area contributed by atoms with Crippen molar-refractivity contribution in [3.8, 4) is 0 Å². The highest BCUT2D eigenvalue weighted by atomic mass is 16.4. The molecule has 0 aliphatic heterocycles. The number of carbonyl (C=O) groups is 1. The molecule has 0 fully saturated rings. The number of anilines is 1. The van der Waals surface area contributed by atoms with Crippen LogP contribution < -0.4 is 5.32 Å². The lowest BCUT2D eigenvalue weighted by atomic mass is 10.1. The Morgan fingerprint density at radius 1 is 1.30 bits per heavy atom. The summed E-state index contributed by atoms with van der Waals surface area (Å²) in [5.41, 5.74) is 1.69. The van der Waals surface area contributed by atoms with Crippen LogP contribution in [-0.4, -0.2) is 27.8 Å². The third-order valence-electron chi connectivity index (χ3n) is 2.91. The number of carboxylic acid groups (broad SMARTS) is 1. The lowest BCUT2D eigenvalue weighted by Gasteiger charge is -2.18. The van der Waals surface area contributed by atoms with Gasteiger partial charge in [0, 0.05) is 5.69 Å². The Morgan fingerprint density at radius 3 is 2.60 bits per heavy atom. The van der Waals surface area contributed by atoms with Crippen LogP contribution >= 0.6 is 0 Å². The molecular formula is C15H16N2O3. The van der Waals surface area contributed by atoms with Crippen LogP contribution in [-0.2, 0) is 0 Å². The van der Waals surface area contributed by atoms with Crippen molar-refractivity contribution in [2.24, 2.45) is 0 Å². The molecule has 3 N–H and O–H groups in total. The SMILES string of the molecule is Cc1cc(C(=O)O)cc(NC(CO)c2ccccc2)n1. The first kappa shape index (κ1) is 14.0. The van der Waals surface area contributed by atoms with Crippen molar-refractivity contribution in [1.82, 2.24) is 4.98 Å². The molecule has 0 aliphatic carbocycles. The minimum atomic E-state index is -1.00. The monoisotopic (exact) mass is 272 g/mol. The summed E-state index contributed by atoms with van der Waals surface area (Å²) in [5.74, 6) is -0.566. The molecule has 1 aromatic carbocycles. The number of nitrogens with zero attached hydrogens (tertiary/aromatic N) is 1. The van der Waals surface area contributed by atoms with Gasteiger partial charge in [0.1, 0.15) is 5.82 Å². The molecule has 5 nitrogen and oxygen atoms in total. The van der Waals surface area contributed by atoms with Crippen molar-refractivity contribution < 1.29 is 15.0 Å². The van der Waals surface area contributed by atoms with Crippen LogP contribution in [0.1, 0.15) is 27.7 Å². The number of aromatic carboxylic acids is 1.